The van der Waals surface area contributed by atoms with Gasteiger partial charge in [-0.1, -0.05) is 12.1 Å². The highest BCUT2D eigenvalue weighted by atomic mass is 16.7. The van der Waals surface area contributed by atoms with E-state index in [1.807, 2.05) is 42.5 Å². The Bertz CT molecular complexity index is 901. The zero-order chi connectivity index (χ0) is 16.8. The first-order valence-corrected chi connectivity index (χ1v) is 8.08. The average molecular weight is 337 g/mol. The molecule has 1 saturated heterocycles. The molecule has 1 amide bonds. The number of fused-ring (bicyclic) bond motifs is 2. The Morgan fingerprint density at radius 2 is 2.08 bits per heavy atom. The molecule has 6 heteroatoms. The van der Waals surface area contributed by atoms with E-state index < -0.39 is 0 Å². The van der Waals surface area contributed by atoms with Gasteiger partial charge in [-0.05, 0) is 35.9 Å². The predicted octanol–water partition coefficient (Wildman–Crippen LogP) is 2.69. The van der Waals surface area contributed by atoms with Crippen LogP contribution in [0, 0.1) is 0 Å². The Labute approximate surface area is 144 Å². The molecule has 0 aromatic heterocycles. The fourth-order valence-electron chi connectivity index (χ4n) is 2.99. The number of hydrogen-bond acceptors (Lipinski definition) is 5. The minimum absolute atomic E-state index is 0.147. The van der Waals surface area contributed by atoms with E-state index in [9.17, 15) is 4.79 Å². The van der Waals surface area contributed by atoms with Crippen molar-refractivity contribution >= 4 is 23.2 Å². The van der Waals surface area contributed by atoms with E-state index in [0.717, 1.165) is 23.4 Å². The summed E-state index contributed by atoms with van der Waals surface area (Å²) in [4.78, 5) is 12.5. The molecule has 0 radical (unpaired) electrons. The lowest BCUT2D eigenvalue weighted by Crippen LogP contribution is -2.05. The average Bonchev–Trinajstić information content (AvgIpc) is 3.24. The van der Waals surface area contributed by atoms with Crippen molar-refractivity contribution in [3.05, 3.63) is 47.5 Å². The van der Waals surface area contributed by atoms with Gasteiger partial charge < -0.3 is 24.3 Å². The highest BCUT2D eigenvalue weighted by molar-refractivity contribution is 6.35. The standard InChI is InChI=1S/C19H15NO5/c21-19-13(6-11-4-5-15-17(7-11)25-10-24-15)18-14(20-19)2-1-3-16(18)23-9-12-8-22-12/h1-7,12H,8-10H2,(H,20,21). The van der Waals surface area contributed by atoms with Crippen LogP contribution in [0.3, 0.4) is 0 Å². The van der Waals surface area contributed by atoms with Gasteiger partial charge in [-0.2, -0.15) is 0 Å². The third-order valence-corrected chi connectivity index (χ3v) is 4.32. The Morgan fingerprint density at radius 3 is 2.96 bits per heavy atom. The molecule has 0 bridgehead atoms. The summed E-state index contributed by atoms with van der Waals surface area (Å²) in [6.45, 7) is 1.44. The molecule has 6 nitrogen and oxygen atoms in total. The smallest absolute Gasteiger partial charge is 0.256 e. The number of benzene rings is 2. The molecule has 1 unspecified atom stereocenters. The number of carbonyl (C=O) groups excluding carboxylic acids is 1. The topological polar surface area (TPSA) is 69.3 Å². The Kier molecular flexibility index (Phi) is 3.18. The Balaban J connectivity index is 1.53. The van der Waals surface area contributed by atoms with Crippen molar-refractivity contribution in [2.24, 2.45) is 0 Å². The molecule has 25 heavy (non-hydrogen) atoms. The van der Waals surface area contributed by atoms with E-state index in [1.54, 1.807) is 0 Å². The number of anilines is 1. The molecule has 2 aromatic rings. The molecule has 3 heterocycles. The molecule has 1 atom stereocenters. The lowest BCUT2D eigenvalue weighted by Gasteiger charge is -2.09. The van der Waals surface area contributed by atoms with Crippen molar-refractivity contribution in [1.29, 1.82) is 0 Å². The molecule has 0 spiro atoms. The fourth-order valence-corrected chi connectivity index (χ4v) is 2.99. The molecule has 3 aliphatic heterocycles. The van der Waals surface area contributed by atoms with Gasteiger partial charge >= 0.3 is 0 Å². The molecular formula is C19H15NO5. The summed E-state index contributed by atoms with van der Waals surface area (Å²) in [6, 6.07) is 11.2. The highest BCUT2D eigenvalue weighted by Crippen LogP contribution is 2.41. The number of amides is 1. The van der Waals surface area contributed by atoms with Crippen LogP contribution in [0.5, 0.6) is 17.2 Å². The van der Waals surface area contributed by atoms with Crippen molar-refractivity contribution in [1.82, 2.24) is 0 Å². The first-order valence-electron chi connectivity index (χ1n) is 8.08. The van der Waals surface area contributed by atoms with Crippen LogP contribution in [-0.4, -0.2) is 32.0 Å². The van der Waals surface area contributed by atoms with E-state index in [0.29, 0.717) is 29.4 Å². The van der Waals surface area contributed by atoms with Gasteiger partial charge in [0.15, 0.2) is 11.5 Å². The predicted molar refractivity (Wildman–Crippen MR) is 90.7 cm³/mol. The van der Waals surface area contributed by atoms with Crippen LogP contribution in [0.1, 0.15) is 11.1 Å². The van der Waals surface area contributed by atoms with Crippen LogP contribution in [-0.2, 0) is 9.53 Å². The van der Waals surface area contributed by atoms with E-state index in [1.165, 1.54) is 0 Å². The minimum atomic E-state index is -0.147. The number of rotatable bonds is 4. The molecule has 2 aromatic carbocycles. The first-order chi connectivity index (χ1) is 12.3. The number of epoxide rings is 1. The zero-order valence-corrected chi connectivity index (χ0v) is 13.3. The largest absolute Gasteiger partial charge is 0.490 e. The number of hydrogen-bond donors (Lipinski definition) is 1. The maximum absolute atomic E-state index is 12.5. The number of ether oxygens (including phenoxy) is 4. The molecule has 0 saturated carbocycles. The lowest BCUT2D eigenvalue weighted by atomic mass is 10.0. The third kappa shape index (κ3) is 2.60. The van der Waals surface area contributed by atoms with Gasteiger partial charge in [0.05, 0.1) is 23.4 Å². The van der Waals surface area contributed by atoms with Crippen molar-refractivity contribution in [3.8, 4) is 17.2 Å². The van der Waals surface area contributed by atoms with Crippen LogP contribution in [0.15, 0.2) is 36.4 Å². The summed E-state index contributed by atoms with van der Waals surface area (Å²) in [6.07, 6.45) is 1.99. The van der Waals surface area contributed by atoms with Crippen LogP contribution in [0.25, 0.3) is 11.6 Å². The van der Waals surface area contributed by atoms with Crippen LogP contribution in [0.2, 0.25) is 0 Å². The molecule has 1 fully saturated rings. The summed E-state index contributed by atoms with van der Waals surface area (Å²) in [5.74, 6) is 1.93. The molecule has 126 valence electrons. The van der Waals surface area contributed by atoms with Gasteiger partial charge in [-0.25, -0.2) is 0 Å². The van der Waals surface area contributed by atoms with E-state index in [4.69, 9.17) is 18.9 Å². The fraction of sp³-hybridized carbons (Fsp3) is 0.211. The van der Waals surface area contributed by atoms with E-state index in [2.05, 4.69) is 5.32 Å². The van der Waals surface area contributed by atoms with Crippen molar-refractivity contribution < 1.29 is 23.7 Å². The highest BCUT2D eigenvalue weighted by Gasteiger charge is 2.29. The lowest BCUT2D eigenvalue weighted by molar-refractivity contribution is -0.110. The van der Waals surface area contributed by atoms with Gasteiger partial charge in [-0.15, -0.1) is 0 Å². The van der Waals surface area contributed by atoms with Gasteiger partial charge in [-0.3, -0.25) is 4.79 Å². The Morgan fingerprint density at radius 1 is 1.20 bits per heavy atom. The Hall–Kier alpha value is -2.99. The van der Waals surface area contributed by atoms with Crippen LogP contribution < -0.4 is 19.5 Å². The summed E-state index contributed by atoms with van der Waals surface area (Å²) in [7, 11) is 0. The minimum Gasteiger partial charge on any atom is -0.490 e. The summed E-state index contributed by atoms with van der Waals surface area (Å²) < 4.78 is 21.8. The summed E-state index contributed by atoms with van der Waals surface area (Å²) in [5.41, 5.74) is 2.97. The summed E-state index contributed by atoms with van der Waals surface area (Å²) >= 11 is 0. The number of carbonyl (C=O) groups is 1. The zero-order valence-electron chi connectivity index (χ0n) is 13.3. The maximum Gasteiger partial charge on any atom is 0.256 e. The first kappa shape index (κ1) is 14.4. The van der Waals surface area contributed by atoms with Gasteiger partial charge in [0.2, 0.25) is 6.79 Å². The molecule has 5 rings (SSSR count). The second-order valence-electron chi connectivity index (χ2n) is 6.07. The third-order valence-electron chi connectivity index (χ3n) is 4.32. The number of nitrogens with one attached hydrogen (secondary N) is 1. The normalized spacial score (nSPS) is 21.2. The van der Waals surface area contributed by atoms with Gasteiger partial charge in [0, 0.05) is 0 Å². The van der Waals surface area contributed by atoms with Crippen molar-refractivity contribution in [3.63, 3.8) is 0 Å². The molecule has 3 aliphatic rings. The summed E-state index contributed by atoms with van der Waals surface area (Å²) in [5, 5.41) is 2.89. The maximum atomic E-state index is 12.5. The molecular weight excluding hydrogens is 322 g/mol. The quantitative estimate of drug-likeness (QED) is 0.686. The van der Waals surface area contributed by atoms with Crippen LogP contribution in [0.4, 0.5) is 5.69 Å². The second-order valence-corrected chi connectivity index (χ2v) is 6.07. The van der Waals surface area contributed by atoms with Gasteiger partial charge in [0.1, 0.15) is 18.5 Å². The second kappa shape index (κ2) is 5.53. The van der Waals surface area contributed by atoms with Crippen molar-refractivity contribution in [2.75, 3.05) is 25.3 Å². The molecule has 0 aliphatic carbocycles. The van der Waals surface area contributed by atoms with E-state index in [-0.39, 0.29) is 18.8 Å². The van der Waals surface area contributed by atoms with Crippen molar-refractivity contribution in [2.45, 2.75) is 6.10 Å². The van der Waals surface area contributed by atoms with Crippen LogP contribution >= 0.6 is 0 Å². The molecule has 1 N–H and O–H groups in total. The monoisotopic (exact) mass is 337 g/mol. The SMILES string of the molecule is O=C1Nc2cccc(OCC3CO3)c2C1=Cc1ccc2c(c1)OCO2. The van der Waals surface area contributed by atoms with E-state index >= 15 is 0 Å². The van der Waals surface area contributed by atoms with Gasteiger partial charge in [0.25, 0.3) is 5.91 Å².